The van der Waals surface area contributed by atoms with Crippen molar-refractivity contribution in [2.45, 2.75) is 52.0 Å². The van der Waals surface area contributed by atoms with E-state index in [1.807, 2.05) is 0 Å². The number of nitrogens with two attached hydrogens (primary N) is 1. The largest absolute Gasteiger partial charge is 0.324 e. The second kappa shape index (κ2) is 5.01. The summed E-state index contributed by atoms with van der Waals surface area (Å²) in [6.07, 6.45) is 6.27. The predicted octanol–water partition coefficient (Wildman–Crippen LogP) is 3.61. The van der Waals surface area contributed by atoms with Crippen molar-refractivity contribution in [3.8, 4) is 0 Å². The third kappa shape index (κ3) is 2.30. The topological polar surface area (TPSA) is 26.0 Å². The second-order valence-electron chi connectivity index (χ2n) is 5.17. The zero-order valence-electron chi connectivity index (χ0n) is 10.5. The van der Waals surface area contributed by atoms with Gasteiger partial charge < -0.3 is 5.73 Å². The fourth-order valence-corrected chi connectivity index (χ4v) is 2.76. The molecule has 0 aromatic heterocycles. The van der Waals surface area contributed by atoms with Gasteiger partial charge in [0, 0.05) is 6.04 Å². The number of aryl methyl sites for hydroxylation is 2. The molecule has 1 aromatic carbocycles. The van der Waals surface area contributed by atoms with Gasteiger partial charge in [-0.15, -0.1) is 0 Å². The van der Waals surface area contributed by atoms with Crippen molar-refractivity contribution in [3.63, 3.8) is 0 Å². The van der Waals surface area contributed by atoms with Crippen LogP contribution in [-0.4, -0.2) is 0 Å². The molecule has 0 aliphatic heterocycles. The van der Waals surface area contributed by atoms with Crippen LogP contribution in [0.15, 0.2) is 18.2 Å². The molecule has 2 N–H and O–H groups in total. The number of rotatable bonds is 4. The molecule has 2 unspecified atom stereocenters. The average Bonchev–Trinajstić information content (AvgIpc) is 2.75. The first-order chi connectivity index (χ1) is 7.72. The molecule has 1 heteroatoms. The Kier molecular flexibility index (Phi) is 3.65. The fraction of sp³-hybridized carbons (Fsp3) is 0.600. The van der Waals surface area contributed by atoms with Gasteiger partial charge in [-0.1, -0.05) is 38.5 Å². The number of fused-ring (bicyclic) bond motifs is 1. The first-order valence-electron chi connectivity index (χ1n) is 6.59. The molecule has 0 spiro atoms. The van der Waals surface area contributed by atoms with Crippen molar-refractivity contribution < 1.29 is 0 Å². The highest BCUT2D eigenvalue weighted by molar-refractivity contribution is 5.36. The summed E-state index contributed by atoms with van der Waals surface area (Å²) in [5, 5.41) is 0. The van der Waals surface area contributed by atoms with Crippen molar-refractivity contribution >= 4 is 0 Å². The van der Waals surface area contributed by atoms with Gasteiger partial charge in [0.2, 0.25) is 0 Å². The number of hydrogen-bond donors (Lipinski definition) is 1. The standard InChI is InChI=1S/C15H23N/c1-3-5-11(2)15(16)14-9-8-12-6-4-7-13(12)10-14/h8-11,15H,3-7,16H2,1-2H3. The molecule has 0 radical (unpaired) electrons. The fourth-order valence-electron chi connectivity index (χ4n) is 2.76. The van der Waals surface area contributed by atoms with Gasteiger partial charge in [-0.25, -0.2) is 0 Å². The summed E-state index contributed by atoms with van der Waals surface area (Å²) in [6.45, 7) is 4.49. The van der Waals surface area contributed by atoms with Gasteiger partial charge in [-0.2, -0.15) is 0 Å². The summed E-state index contributed by atoms with van der Waals surface area (Å²) in [4.78, 5) is 0. The molecule has 2 atom stereocenters. The molecule has 0 amide bonds. The lowest BCUT2D eigenvalue weighted by Gasteiger charge is -2.20. The highest BCUT2D eigenvalue weighted by Gasteiger charge is 2.17. The molecule has 2 rings (SSSR count). The molecule has 1 aliphatic carbocycles. The van der Waals surface area contributed by atoms with E-state index in [-0.39, 0.29) is 6.04 Å². The molecule has 1 aromatic rings. The Labute approximate surface area is 99.0 Å². The van der Waals surface area contributed by atoms with E-state index >= 15 is 0 Å². The molecule has 16 heavy (non-hydrogen) atoms. The van der Waals surface area contributed by atoms with E-state index in [1.165, 1.54) is 43.2 Å². The molecule has 0 saturated heterocycles. The quantitative estimate of drug-likeness (QED) is 0.819. The summed E-state index contributed by atoms with van der Waals surface area (Å²) >= 11 is 0. The number of benzene rings is 1. The average molecular weight is 217 g/mol. The molecule has 1 aliphatic rings. The van der Waals surface area contributed by atoms with Crippen LogP contribution in [0.5, 0.6) is 0 Å². The van der Waals surface area contributed by atoms with Gasteiger partial charge in [-0.3, -0.25) is 0 Å². The number of hydrogen-bond acceptors (Lipinski definition) is 1. The van der Waals surface area contributed by atoms with E-state index in [2.05, 4.69) is 32.0 Å². The molecule has 0 fully saturated rings. The van der Waals surface area contributed by atoms with Gasteiger partial charge in [0.1, 0.15) is 0 Å². The van der Waals surface area contributed by atoms with Gasteiger partial charge in [0.05, 0.1) is 0 Å². The smallest absolute Gasteiger partial charge is 0.0320 e. The molecule has 0 saturated carbocycles. The van der Waals surface area contributed by atoms with E-state index < -0.39 is 0 Å². The monoisotopic (exact) mass is 217 g/mol. The van der Waals surface area contributed by atoms with Crippen LogP contribution in [0.4, 0.5) is 0 Å². The summed E-state index contributed by atoms with van der Waals surface area (Å²) < 4.78 is 0. The lowest BCUT2D eigenvalue weighted by molar-refractivity contribution is 0.433. The van der Waals surface area contributed by atoms with Crippen LogP contribution in [0.25, 0.3) is 0 Å². The zero-order valence-corrected chi connectivity index (χ0v) is 10.5. The first kappa shape index (κ1) is 11.7. The Balaban J connectivity index is 2.14. The van der Waals surface area contributed by atoms with Crippen LogP contribution < -0.4 is 5.73 Å². The van der Waals surface area contributed by atoms with Crippen molar-refractivity contribution in [3.05, 3.63) is 34.9 Å². The van der Waals surface area contributed by atoms with Gasteiger partial charge in [-0.05, 0) is 48.3 Å². The van der Waals surface area contributed by atoms with Crippen LogP contribution in [0.2, 0.25) is 0 Å². The summed E-state index contributed by atoms with van der Waals surface area (Å²) in [6, 6.07) is 7.09. The Morgan fingerprint density at radius 3 is 2.75 bits per heavy atom. The summed E-state index contributed by atoms with van der Waals surface area (Å²) in [7, 11) is 0. The van der Waals surface area contributed by atoms with E-state index in [0.29, 0.717) is 5.92 Å². The van der Waals surface area contributed by atoms with Gasteiger partial charge >= 0.3 is 0 Å². The van der Waals surface area contributed by atoms with Crippen LogP contribution in [0.1, 0.15) is 55.8 Å². The van der Waals surface area contributed by atoms with Crippen molar-refractivity contribution in [2.24, 2.45) is 11.7 Å². The third-order valence-electron chi connectivity index (χ3n) is 3.86. The summed E-state index contributed by atoms with van der Waals surface area (Å²) in [5.74, 6) is 0.587. The van der Waals surface area contributed by atoms with Crippen molar-refractivity contribution in [1.82, 2.24) is 0 Å². The maximum atomic E-state index is 6.32. The minimum atomic E-state index is 0.214. The van der Waals surface area contributed by atoms with E-state index in [4.69, 9.17) is 5.73 Å². The van der Waals surface area contributed by atoms with E-state index in [0.717, 1.165) is 0 Å². The van der Waals surface area contributed by atoms with Crippen molar-refractivity contribution in [2.75, 3.05) is 0 Å². The highest BCUT2D eigenvalue weighted by atomic mass is 14.6. The minimum absolute atomic E-state index is 0.214. The lowest BCUT2D eigenvalue weighted by atomic mass is 9.90. The normalized spacial score (nSPS) is 18.2. The molecular formula is C15H23N. The molecule has 1 nitrogen and oxygen atoms in total. The Hall–Kier alpha value is -0.820. The molecular weight excluding hydrogens is 194 g/mol. The van der Waals surface area contributed by atoms with Crippen LogP contribution >= 0.6 is 0 Å². The van der Waals surface area contributed by atoms with E-state index in [1.54, 1.807) is 5.56 Å². The van der Waals surface area contributed by atoms with Crippen molar-refractivity contribution in [1.29, 1.82) is 0 Å². The first-order valence-corrected chi connectivity index (χ1v) is 6.59. The van der Waals surface area contributed by atoms with Gasteiger partial charge in [0.25, 0.3) is 0 Å². The predicted molar refractivity (Wildman–Crippen MR) is 69.5 cm³/mol. The second-order valence-corrected chi connectivity index (χ2v) is 5.17. The Bertz CT molecular complexity index is 356. The van der Waals surface area contributed by atoms with Crippen LogP contribution in [0, 0.1) is 5.92 Å². The Morgan fingerprint density at radius 2 is 2.00 bits per heavy atom. The molecule has 0 bridgehead atoms. The zero-order chi connectivity index (χ0) is 11.5. The maximum absolute atomic E-state index is 6.32. The summed E-state index contributed by atoms with van der Waals surface area (Å²) in [5.41, 5.74) is 10.7. The maximum Gasteiger partial charge on any atom is 0.0320 e. The molecule has 88 valence electrons. The molecule has 0 heterocycles. The highest BCUT2D eigenvalue weighted by Crippen LogP contribution is 2.28. The van der Waals surface area contributed by atoms with Crippen LogP contribution in [-0.2, 0) is 12.8 Å². The van der Waals surface area contributed by atoms with Crippen LogP contribution in [0.3, 0.4) is 0 Å². The van der Waals surface area contributed by atoms with E-state index in [9.17, 15) is 0 Å². The third-order valence-corrected chi connectivity index (χ3v) is 3.86. The van der Waals surface area contributed by atoms with Gasteiger partial charge in [0.15, 0.2) is 0 Å². The minimum Gasteiger partial charge on any atom is -0.324 e. The lowest BCUT2D eigenvalue weighted by Crippen LogP contribution is -2.19. The Morgan fingerprint density at radius 1 is 1.25 bits per heavy atom. The SMILES string of the molecule is CCCC(C)C(N)c1ccc2c(c1)CCC2.